The Morgan fingerprint density at radius 2 is 1.85 bits per heavy atom. The van der Waals surface area contributed by atoms with Crippen LogP contribution in [0, 0.1) is 11.8 Å². The van der Waals surface area contributed by atoms with Gasteiger partial charge in [0.25, 0.3) is 0 Å². The topological polar surface area (TPSA) is 78.9 Å². The van der Waals surface area contributed by atoms with Gasteiger partial charge in [-0.25, -0.2) is 4.79 Å². The van der Waals surface area contributed by atoms with Gasteiger partial charge in [-0.3, -0.25) is 4.79 Å². The maximum absolute atomic E-state index is 11.9. The second kappa shape index (κ2) is 10.5. The molecule has 0 aromatic rings. The lowest BCUT2D eigenvalue weighted by atomic mass is 10.2. The van der Waals surface area contributed by atoms with Crippen LogP contribution in [0.2, 0.25) is 0 Å². The van der Waals surface area contributed by atoms with Gasteiger partial charge in [-0.05, 0) is 18.3 Å². The Bertz CT molecular complexity index is 293. The number of urea groups is 1. The number of amides is 2. The average molecular weight is 288 g/mol. The van der Waals surface area contributed by atoms with Gasteiger partial charge in [-0.1, -0.05) is 27.7 Å². The van der Waals surface area contributed by atoms with Gasteiger partial charge >= 0.3 is 12.0 Å². The Hall–Kier alpha value is -1.30. The van der Waals surface area contributed by atoms with Gasteiger partial charge in [0, 0.05) is 26.3 Å². The number of carboxylic acids is 1. The summed E-state index contributed by atoms with van der Waals surface area (Å²) >= 11 is 0. The monoisotopic (exact) mass is 288 g/mol. The predicted molar refractivity (Wildman–Crippen MR) is 77.7 cm³/mol. The molecular weight excluding hydrogens is 260 g/mol. The van der Waals surface area contributed by atoms with Gasteiger partial charge in [0.2, 0.25) is 0 Å². The number of ether oxygens (including phenoxy) is 1. The highest BCUT2D eigenvalue weighted by molar-refractivity contribution is 5.80. The van der Waals surface area contributed by atoms with Gasteiger partial charge in [0.05, 0.1) is 0 Å². The fourth-order valence-electron chi connectivity index (χ4n) is 1.62. The quantitative estimate of drug-likeness (QED) is 0.601. The van der Waals surface area contributed by atoms with Crippen molar-refractivity contribution in [3.05, 3.63) is 0 Å². The molecule has 0 bridgehead atoms. The number of aliphatic carboxylic acids is 1. The molecule has 0 saturated carbocycles. The van der Waals surface area contributed by atoms with E-state index in [9.17, 15) is 9.59 Å². The Balaban J connectivity index is 3.91. The number of rotatable bonds is 10. The lowest BCUT2D eigenvalue weighted by Crippen LogP contribution is -2.44. The van der Waals surface area contributed by atoms with Crippen LogP contribution in [0.15, 0.2) is 0 Å². The van der Waals surface area contributed by atoms with E-state index in [-0.39, 0.29) is 18.5 Å². The summed E-state index contributed by atoms with van der Waals surface area (Å²) in [6.07, 6.45) is 0.723. The molecule has 0 spiro atoms. The van der Waals surface area contributed by atoms with Crippen molar-refractivity contribution in [1.29, 1.82) is 0 Å². The van der Waals surface area contributed by atoms with E-state index in [1.54, 1.807) is 0 Å². The molecule has 6 heteroatoms. The van der Waals surface area contributed by atoms with Crippen LogP contribution in [0.3, 0.4) is 0 Å². The Labute approximate surface area is 121 Å². The summed E-state index contributed by atoms with van der Waals surface area (Å²) in [6.45, 7) is 10.0. The SMILES string of the molecule is CC(C)COCCCNC(=O)N(CC(=O)O)CC(C)C. The van der Waals surface area contributed by atoms with Crippen molar-refractivity contribution in [2.45, 2.75) is 34.1 Å². The number of hydrogen-bond acceptors (Lipinski definition) is 3. The van der Waals surface area contributed by atoms with Crippen molar-refractivity contribution in [2.75, 3.05) is 32.8 Å². The molecule has 0 unspecified atom stereocenters. The maximum atomic E-state index is 11.9. The maximum Gasteiger partial charge on any atom is 0.323 e. The van der Waals surface area contributed by atoms with Crippen molar-refractivity contribution < 1.29 is 19.4 Å². The molecule has 0 aliphatic rings. The summed E-state index contributed by atoms with van der Waals surface area (Å²) in [5, 5.41) is 11.5. The summed E-state index contributed by atoms with van der Waals surface area (Å²) in [7, 11) is 0. The van der Waals surface area contributed by atoms with Crippen LogP contribution in [0.5, 0.6) is 0 Å². The Morgan fingerprint density at radius 3 is 2.35 bits per heavy atom. The molecule has 0 rings (SSSR count). The van der Waals surface area contributed by atoms with E-state index < -0.39 is 5.97 Å². The van der Waals surface area contributed by atoms with Gasteiger partial charge in [0.1, 0.15) is 6.54 Å². The largest absolute Gasteiger partial charge is 0.480 e. The van der Waals surface area contributed by atoms with Crippen LogP contribution in [-0.2, 0) is 9.53 Å². The predicted octanol–water partition coefficient (Wildman–Crippen LogP) is 1.80. The third-order valence-electron chi connectivity index (χ3n) is 2.39. The molecule has 0 saturated heterocycles. The first kappa shape index (κ1) is 18.7. The number of carbonyl (C=O) groups excluding carboxylic acids is 1. The lowest BCUT2D eigenvalue weighted by Gasteiger charge is -2.23. The highest BCUT2D eigenvalue weighted by atomic mass is 16.5. The second-order valence-corrected chi connectivity index (χ2v) is 5.72. The van der Waals surface area contributed by atoms with Crippen molar-refractivity contribution in [1.82, 2.24) is 10.2 Å². The third kappa shape index (κ3) is 10.6. The number of nitrogens with one attached hydrogen (secondary N) is 1. The molecule has 0 aliphatic carbocycles. The first-order valence-electron chi connectivity index (χ1n) is 7.15. The van der Waals surface area contributed by atoms with Crippen molar-refractivity contribution in [3.63, 3.8) is 0 Å². The van der Waals surface area contributed by atoms with Crippen LogP contribution < -0.4 is 5.32 Å². The van der Waals surface area contributed by atoms with Gasteiger partial charge in [-0.2, -0.15) is 0 Å². The van der Waals surface area contributed by atoms with Crippen molar-refractivity contribution in [2.24, 2.45) is 11.8 Å². The van der Waals surface area contributed by atoms with E-state index in [1.807, 2.05) is 13.8 Å². The zero-order valence-corrected chi connectivity index (χ0v) is 13.0. The lowest BCUT2D eigenvalue weighted by molar-refractivity contribution is -0.137. The summed E-state index contributed by atoms with van der Waals surface area (Å²) in [5.74, 6) is -0.266. The van der Waals surface area contributed by atoms with Crippen LogP contribution in [0.25, 0.3) is 0 Å². The fraction of sp³-hybridized carbons (Fsp3) is 0.857. The van der Waals surface area contributed by atoms with E-state index in [0.717, 1.165) is 6.42 Å². The van der Waals surface area contributed by atoms with Gasteiger partial charge < -0.3 is 20.1 Å². The highest BCUT2D eigenvalue weighted by Crippen LogP contribution is 1.99. The van der Waals surface area contributed by atoms with E-state index in [0.29, 0.717) is 32.2 Å². The smallest absolute Gasteiger partial charge is 0.323 e. The van der Waals surface area contributed by atoms with Crippen molar-refractivity contribution >= 4 is 12.0 Å². The summed E-state index contributed by atoms with van der Waals surface area (Å²) in [4.78, 5) is 23.9. The number of carboxylic acid groups (broad SMARTS) is 1. The summed E-state index contributed by atoms with van der Waals surface area (Å²) in [6, 6.07) is -0.329. The van der Waals surface area contributed by atoms with Crippen LogP contribution in [-0.4, -0.2) is 54.9 Å². The second-order valence-electron chi connectivity index (χ2n) is 5.72. The zero-order valence-electron chi connectivity index (χ0n) is 13.0. The average Bonchev–Trinajstić information content (AvgIpc) is 2.30. The van der Waals surface area contributed by atoms with E-state index in [1.165, 1.54) is 4.90 Å². The molecule has 0 atom stereocenters. The molecule has 0 radical (unpaired) electrons. The molecule has 6 nitrogen and oxygen atoms in total. The van der Waals surface area contributed by atoms with E-state index in [4.69, 9.17) is 9.84 Å². The molecule has 0 heterocycles. The van der Waals surface area contributed by atoms with Crippen LogP contribution >= 0.6 is 0 Å². The number of carbonyl (C=O) groups is 2. The number of hydrogen-bond donors (Lipinski definition) is 2. The molecular formula is C14H28N2O4. The van der Waals surface area contributed by atoms with Crippen LogP contribution in [0.1, 0.15) is 34.1 Å². The highest BCUT2D eigenvalue weighted by Gasteiger charge is 2.17. The molecule has 0 aliphatic heterocycles. The molecule has 118 valence electrons. The first-order valence-corrected chi connectivity index (χ1v) is 7.15. The van der Waals surface area contributed by atoms with E-state index >= 15 is 0 Å². The van der Waals surface area contributed by atoms with E-state index in [2.05, 4.69) is 19.2 Å². The molecule has 0 fully saturated rings. The van der Waals surface area contributed by atoms with Crippen LogP contribution in [0.4, 0.5) is 4.79 Å². The Kier molecular flexibility index (Phi) is 9.80. The standard InChI is InChI=1S/C14H28N2O4/c1-11(2)8-16(9-13(17)18)14(19)15-6-5-7-20-10-12(3)4/h11-12H,5-10H2,1-4H3,(H,15,19)(H,17,18). The third-order valence-corrected chi connectivity index (χ3v) is 2.39. The molecule has 2 N–H and O–H groups in total. The molecule has 0 aromatic carbocycles. The first-order chi connectivity index (χ1) is 9.32. The summed E-state index contributed by atoms with van der Waals surface area (Å²) < 4.78 is 5.41. The van der Waals surface area contributed by atoms with Gasteiger partial charge in [-0.15, -0.1) is 0 Å². The minimum atomic E-state index is -0.999. The Morgan fingerprint density at radius 1 is 1.20 bits per heavy atom. The molecule has 2 amide bonds. The number of nitrogens with zero attached hydrogens (tertiary/aromatic N) is 1. The minimum absolute atomic E-state index is 0.231. The molecule has 20 heavy (non-hydrogen) atoms. The fourth-order valence-corrected chi connectivity index (χ4v) is 1.62. The van der Waals surface area contributed by atoms with Crippen molar-refractivity contribution in [3.8, 4) is 0 Å². The van der Waals surface area contributed by atoms with Gasteiger partial charge in [0.15, 0.2) is 0 Å². The minimum Gasteiger partial charge on any atom is -0.480 e. The normalized spacial score (nSPS) is 10.9. The molecule has 0 aromatic heterocycles. The summed E-state index contributed by atoms with van der Waals surface area (Å²) in [5.41, 5.74) is 0. The zero-order chi connectivity index (χ0) is 15.5.